The summed E-state index contributed by atoms with van der Waals surface area (Å²) >= 11 is 0. The first-order valence-corrected chi connectivity index (χ1v) is 15.4. The second kappa shape index (κ2) is 9.01. The molecule has 0 saturated heterocycles. The van der Waals surface area contributed by atoms with Crippen LogP contribution in [-0.4, -0.2) is 40.6 Å². The molecule has 4 unspecified atom stereocenters. The van der Waals surface area contributed by atoms with E-state index in [1.807, 2.05) is 18.6 Å². The topological polar surface area (TPSA) is 113 Å². The van der Waals surface area contributed by atoms with Crippen LogP contribution in [0.1, 0.15) is 57.1 Å². The van der Waals surface area contributed by atoms with Gasteiger partial charge in [0, 0.05) is 23.7 Å². The molecule has 39 heavy (non-hydrogen) atoms. The van der Waals surface area contributed by atoms with Gasteiger partial charge in [0.25, 0.3) is 0 Å². The molecule has 1 amide bonds. The molecule has 0 radical (unpaired) electrons. The quantitative estimate of drug-likeness (QED) is 0.408. The van der Waals surface area contributed by atoms with E-state index in [0.29, 0.717) is 29.9 Å². The molecule has 9 heteroatoms. The fraction of sp³-hybridized carbons (Fsp3) is 0.467. The number of imidazole rings is 1. The summed E-state index contributed by atoms with van der Waals surface area (Å²) in [5, 5.41) is 14.4. The second-order valence-electron chi connectivity index (χ2n) is 12.2. The summed E-state index contributed by atoms with van der Waals surface area (Å²) in [5.41, 5.74) is 3.65. The van der Waals surface area contributed by atoms with Gasteiger partial charge >= 0.3 is 0 Å². The van der Waals surface area contributed by atoms with Crippen molar-refractivity contribution in [3.63, 3.8) is 0 Å². The molecular weight excluding hydrogens is 512 g/mol. The molecule has 2 heterocycles. The number of fused-ring (bicyclic) bond motifs is 3. The number of nitrogens with zero attached hydrogens (tertiary/aromatic N) is 2. The predicted molar refractivity (Wildman–Crippen MR) is 147 cm³/mol. The molecule has 0 spiro atoms. The van der Waals surface area contributed by atoms with Gasteiger partial charge in [-0.2, -0.15) is 0 Å². The van der Waals surface area contributed by atoms with Gasteiger partial charge < -0.3 is 15.0 Å². The zero-order valence-corrected chi connectivity index (χ0v) is 22.8. The third-order valence-corrected chi connectivity index (χ3v) is 11.3. The van der Waals surface area contributed by atoms with Crippen LogP contribution in [0.4, 0.5) is 5.69 Å². The van der Waals surface area contributed by atoms with Gasteiger partial charge in [0.05, 0.1) is 35.3 Å². The van der Waals surface area contributed by atoms with Crippen LogP contribution in [0.3, 0.4) is 0 Å². The Labute approximate surface area is 228 Å². The number of nitrogens with one attached hydrogen (secondary N) is 2. The lowest BCUT2D eigenvalue weighted by atomic mass is 9.48. The van der Waals surface area contributed by atoms with Crippen LogP contribution in [0.25, 0.3) is 11.3 Å². The standard InChI is InChI=1S/C30H34N4O4S/c1-18(35)32-22-6-8-23(9-7-22)39(37,38)33-30-13-19-10-20(14-30)29(21(11-19)15-30)28(36)12-26-24-4-2-3-5-25(24)27-16-31-17-34(26)27/h2-9,16-17,19-21,26,28-29,33,36H,10-15H2,1H3,(H,32,35). The fourth-order valence-corrected chi connectivity index (χ4v) is 10.1. The van der Waals surface area contributed by atoms with Crippen LogP contribution >= 0.6 is 0 Å². The van der Waals surface area contributed by atoms with Gasteiger partial charge in [-0.3, -0.25) is 4.79 Å². The lowest BCUT2D eigenvalue weighted by Gasteiger charge is -2.61. The SMILES string of the molecule is CC(=O)Nc1ccc(S(=O)(=O)NC23CC4CC(C2)C(C(O)CC2c5ccccc5-c5cncn52)C(C4)C3)cc1. The number of benzene rings is 2. The van der Waals surface area contributed by atoms with Crippen molar-refractivity contribution in [2.45, 2.75) is 68.0 Å². The number of aliphatic hydroxyl groups excluding tert-OH is 1. The van der Waals surface area contributed by atoms with Gasteiger partial charge in [0.2, 0.25) is 15.9 Å². The number of sulfonamides is 1. The Morgan fingerprint density at radius 2 is 1.82 bits per heavy atom. The van der Waals surface area contributed by atoms with Crippen LogP contribution in [0.15, 0.2) is 66.0 Å². The maximum Gasteiger partial charge on any atom is 0.241 e. The fourth-order valence-electron chi connectivity index (χ4n) is 8.64. The predicted octanol–water partition coefficient (Wildman–Crippen LogP) is 4.34. The molecule has 1 aliphatic heterocycles. The average molecular weight is 547 g/mol. The Balaban J connectivity index is 1.09. The maximum absolute atomic E-state index is 13.4. The van der Waals surface area contributed by atoms with E-state index in [2.05, 4.69) is 37.8 Å². The van der Waals surface area contributed by atoms with Crippen LogP contribution < -0.4 is 10.0 Å². The van der Waals surface area contributed by atoms with Crippen molar-refractivity contribution in [1.29, 1.82) is 0 Å². The Kier molecular flexibility index (Phi) is 5.77. The number of rotatable bonds is 7. The Morgan fingerprint density at radius 3 is 2.54 bits per heavy atom. The largest absolute Gasteiger partial charge is 0.393 e. The highest BCUT2D eigenvalue weighted by Crippen LogP contribution is 2.60. The highest BCUT2D eigenvalue weighted by atomic mass is 32.2. The number of aromatic nitrogens is 2. The van der Waals surface area contributed by atoms with Crippen molar-refractivity contribution in [2.75, 3.05) is 5.32 Å². The monoisotopic (exact) mass is 546 g/mol. The molecule has 3 N–H and O–H groups in total. The van der Waals surface area contributed by atoms with Gasteiger partial charge in [-0.15, -0.1) is 0 Å². The molecule has 5 aliphatic rings. The van der Waals surface area contributed by atoms with Gasteiger partial charge in [-0.25, -0.2) is 18.1 Å². The third kappa shape index (κ3) is 4.22. The van der Waals surface area contributed by atoms with Crippen molar-refractivity contribution in [2.24, 2.45) is 23.7 Å². The zero-order chi connectivity index (χ0) is 26.9. The highest BCUT2D eigenvalue weighted by molar-refractivity contribution is 7.89. The smallest absolute Gasteiger partial charge is 0.241 e. The number of hydrogen-bond donors (Lipinski definition) is 3. The van der Waals surface area contributed by atoms with E-state index in [1.165, 1.54) is 18.1 Å². The molecule has 4 aliphatic carbocycles. The van der Waals surface area contributed by atoms with Gasteiger partial charge in [0.15, 0.2) is 0 Å². The first-order chi connectivity index (χ1) is 18.7. The normalized spacial score (nSPS) is 31.1. The van der Waals surface area contributed by atoms with Crippen LogP contribution in [0.2, 0.25) is 0 Å². The molecular formula is C30H34N4O4S. The molecule has 2 aromatic carbocycles. The number of anilines is 1. The van der Waals surface area contributed by atoms with E-state index in [4.69, 9.17) is 0 Å². The van der Waals surface area contributed by atoms with Crippen molar-refractivity contribution >= 4 is 21.6 Å². The molecule has 8 nitrogen and oxygen atoms in total. The molecule has 4 bridgehead atoms. The lowest BCUT2D eigenvalue weighted by molar-refractivity contribution is -0.114. The minimum Gasteiger partial charge on any atom is -0.393 e. The zero-order valence-electron chi connectivity index (χ0n) is 22.0. The van der Waals surface area contributed by atoms with Crippen LogP contribution in [0.5, 0.6) is 0 Å². The molecule has 204 valence electrons. The van der Waals surface area contributed by atoms with E-state index >= 15 is 0 Å². The van der Waals surface area contributed by atoms with Crippen LogP contribution in [-0.2, 0) is 14.8 Å². The van der Waals surface area contributed by atoms with E-state index in [9.17, 15) is 18.3 Å². The Morgan fingerprint density at radius 1 is 1.10 bits per heavy atom. The summed E-state index contributed by atoms with van der Waals surface area (Å²) in [6.45, 7) is 1.42. The number of aliphatic hydroxyl groups is 1. The molecule has 8 rings (SSSR count). The number of amides is 1. The number of carbonyl (C=O) groups excluding carboxylic acids is 1. The summed E-state index contributed by atoms with van der Waals surface area (Å²) in [6.07, 6.45) is 8.47. The van der Waals surface area contributed by atoms with E-state index in [-0.39, 0.29) is 22.8 Å². The number of carbonyl (C=O) groups is 1. The minimum atomic E-state index is -3.72. The summed E-state index contributed by atoms with van der Waals surface area (Å²) < 4.78 is 32.2. The minimum absolute atomic E-state index is 0.0683. The summed E-state index contributed by atoms with van der Waals surface area (Å²) in [6, 6.07) is 14.8. The second-order valence-corrected chi connectivity index (χ2v) is 13.9. The molecule has 4 atom stereocenters. The number of hydrogen-bond acceptors (Lipinski definition) is 5. The first kappa shape index (κ1) is 25.0. The maximum atomic E-state index is 13.4. The van der Waals surface area contributed by atoms with E-state index < -0.39 is 21.7 Å². The van der Waals surface area contributed by atoms with Gasteiger partial charge in [-0.1, -0.05) is 24.3 Å². The van der Waals surface area contributed by atoms with Crippen molar-refractivity contribution in [3.05, 3.63) is 66.6 Å². The van der Waals surface area contributed by atoms with E-state index in [1.54, 1.807) is 24.3 Å². The highest BCUT2D eigenvalue weighted by Gasteiger charge is 2.58. The average Bonchev–Trinajstić information content (AvgIpc) is 3.45. The molecule has 1 aromatic heterocycles. The Hall–Kier alpha value is -3.01. The summed E-state index contributed by atoms with van der Waals surface area (Å²) in [4.78, 5) is 15.9. The summed E-state index contributed by atoms with van der Waals surface area (Å²) in [7, 11) is -3.72. The molecule has 4 saturated carbocycles. The first-order valence-electron chi connectivity index (χ1n) is 13.9. The Bertz CT molecular complexity index is 1520. The van der Waals surface area contributed by atoms with Crippen molar-refractivity contribution in [1.82, 2.24) is 14.3 Å². The molecule has 4 fully saturated rings. The van der Waals surface area contributed by atoms with Gasteiger partial charge in [-0.05, 0) is 92.0 Å². The molecule has 3 aromatic rings. The van der Waals surface area contributed by atoms with Crippen molar-refractivity contribution in [3.8, 4) is 11.3 Å². The van der Waals surface area contributed by atoms with Crippen LogP contribution in [0, 0.1) is 23.7 Å². The summed E-state index contributed by atoms with van der Waals surface area (Å²) in [5.74, 6) is 1.07. The van der Waals surface area contributed by atoms with E-state index in [0.717, 1.165) is 37.8 Å². The lowest BCUT2D eigenvalue weighted by Crippen LogP contribution is -2.63. The third-order valence-electron chi connectivity index (χ3n) is 9.69. The van der Waals surface area contributed by atoms with Gasteiger partial charge in [0.1, 0.15) is 0 Å². The van der Waals surface area contributed by atoms with Crippen molar-refractivity contribution < 1.29 is 18.3 Å².